The molecule has 1 unspecified atom stereocenters. The number of benzene rings is 2. The zero-order valence-corrected chi connectivity index (χ0v) is 17.4. The molecule has 3 rings (SSSR count). The van der Waals surface area contributed by atoms with Crippen LogP contribution in [0.15, 0.2) is 53.4 Å². The van der Waals surface area contributed by atoms with E-state index >= 15 is 0 Å². The Kier molecular flexibility index (Phi) is 8.73. The number of rotatable bonds is 6. The highest BCUT2D eigenvalue weighted by Crippen LogP contribution is 2.38. The first-order valence-electron chi connectivity index (χ1n) is 9.18. The third-order valence-electron chi connectivity index (χ3n) is 4.89. The Morgan fingerprint density at radius 1 is 1.14 bits per heavy atom. The second kappa shape index (κ2) is 10.8. The fourth-order valence-electron chi connectivity index (χ4n) is 3.39. The SMILES string of the molecule is CNCC1CCN(C(=O)C(Sc2ccc(F)c(F)c2)c2ccccc2)CC1.Cl. The van der Waals surface area contributed by atoms with Crippen molar-refractivity contribution in [2.24, 2.45) is 5.92 Å². The summed E-state index contributed by atoms with van der Waals surface area (Å²) in [5.41, 5.74) is 0.870. The number of piperidine rings is 1. The van der Waals surface area contributed by atoms with Crippen molar-refractivity contribution in [3.8, 4) is 0 Å². The first-order chi connectivity index (χ1) is 13.1. The van der Waals surface area contributed by atoms with E-state index in [-0.39, 0.29) is 18.3 Å². The molecule has 28 heavy (non-hydrogen) atoms. The summed E-state index contributed by atoms with van der Waals surface area (Å²) in [6.45, 7) is 2.42. The van der Waals surface area contributed by atoms with Gasteiger partial charge in [-0.2, -0.15) is 0 Å². The lowest BCUT2D eigenvalue weighted by Gasteiger charge is -2.34. The van der Waals surface area contributed by atoms with E-state index in [1.165, 1.54) is 17.8 Å². The first kappa shape index (κ1) is 22.7. The van der Waals surface area contributed by atoms with Crippen LogP contribution in [0.3, 0.4) is 0 Å². The van der Waals surface area contributed by atoms with Crippen molar-refractivity contribution in [1.29, 1.82) is 0 Å². The molecule has 1 amide bonds. The molecule has 7 heteroatoms. The predicted molar refractivity (Wildman–Crippen MR) is 112 cm³/mol. The van der Waals surface area contributed by atoms with Crippen LogP contribution in [-0.2, 0) is 4.79 Å². The third kappa shape index (κ3) is 5.69. The van der Waals surface area contributed by atoms with Crippen LogP contribution in [0, 0.1) is 17.6 Å². The minimum atomic E-state index is -0.896. The summed E-state index contributed by atoms with van der Waals surface area (Å²) in [6, 6.07) is 13.3. The van der Waals surface area contributed by atoms with Crippen molar-refractivity contribution in [3.05, 3.63) is 65.7 Å². The van der Waals surface area contributed by atoms with Crippen LogP contribution in [0.4, 0.5) is 8.78 Å². The third-order valence-corrected chi connectivity index (χ3v) is 6.13. The van der Waals surface area contributed by atoms with E-state index in [1.54, 1.807) is 0 Å². The number of nitrogens with zero attached hydrogens (tertiary/aromatic N) is 1. The maximum atomic E-state index is 13.6. The summed E-state index contributed by atoms with van der Waals surface area (Å²) in [5, 5.41) is 2.72. The minimum absolute atomic E-state index is 0. The van der Waals surface area contributed by atoms with Gasteiger partial charge in [0.25, 0.3) is 0 Å². The standard InChI is InChI=1S/C21H24F2N2OS.ClH/c1-24-14-15-9-11-25(12-10-15)21(26)20(16-5-3-2-4-6-16)27-17-7-8-18(22)19(23)13-17;/h2-8,13,15,20,24H,9-12,14H2,1H3;1H. The zero-order chi connectivity index (χ0) is 19.2. The molecule has 1 saturated heterocycles. The molecular formula is C21H25ClF2N2OS. The van der Waals surface area contributed by atoms with Gasteiger partial charge in [-0.25, -0.2) is 8.78 Å². The van der Waals surface area contributed by atoms with E-state index in [4.69, 9.17) is 0 Å². The minimum Gasteiger partial charge on any atom is -0.341 e. The lowest BCUT2D eigenvalue weighted by Crippen LogP contribution is -2.42. The Balaban J connectivity index is 0.00000280. The van der Waals surface area contributed by atoms with Crippen LogP contribution in [0.25, 0.3) is 0 Å². The van der Waals surface area contributed by atoms with Crippen LogP contribution in [-0.4, -0.2) is 37.5 Å². The maximum absolute atomic E-state index is 13.6. The Labute approximate surface area is 175 Å². The van der Waals surface area contributed by atoms with Gasteiger partial charge in [0, 0.05) is 18.0 Å². The summed E-state index contributed by atoms with van der Waals surface area (Å²) < 4.78 is 26.9. The number of amides is 1. The van der Waals surface area contributed by atoms with Gasteiger partial charge >= 0.3 is 0 Å². The molecule has 0 spiro atoms. The lowest BCUT2D eigenvalue weighted by atomic mass is 9.96. The van der Waals surface area contributed by atoms with E-state index < -0.39 is 16.9 Å². The smallest absolute Gasteiger partial charge is 0.240 e. The average Bonchev–Trinajstić information content (AvgIpc) is 2.70. The number of likely N-dealkylation sites (tertiary alicyclic amines) is 1. The number of thioether (sulfide) groups is 1. The van der Waals surface area contributed by atoms with Gasteiger partial charge in [0.15, 0.2) is 11.6 Å². The highest BCUT2D eigenvalue weighted by Gasteiger charge is 2.30. The molecule has 152 valence electrons. The fraction of sp³-hybridized carbons (Fsp3) is 0.381. The zero-order valence-electron chi connectivity index (χ0n) is 15.7. The van der Waals surface area contributed by atoms with Crippen LogP contribution >= 0.6 is 24.2 Å². The molecule has 0 radical (unpaired) electrons. The number of hydrogen-bond acceptors (Lipinski definition) is 3. The average molecular weight is 427 g/mol. The molecule has 2 aromatic rings. The maximum Gasteiger partial charge on any atom is 0.240 e. The summed E-state index contributed by atoms with van der Waals surface area (Å²) in [4.78, 5) is 15.7. The number of carbonyl (C=O) groups excluding carboxylic acids is 1. The second-order valence-electron chi connectivity index (χ2n) is 6.81. The Morgan fingerprint density at radius 2 is 1.82 bits per heavy atom. The van der Waals surface area contributed by atoms with Gasteiger partial charge in [-0.1, -0.05) is 30.3 Å². The lowest BCUT2D eigenvalue weighted by molar-refractivity contribution is -0.132. The summed E-state index contributed by atoms with van der Waals surface area (Å²) in [7, 11) is 1.95. The highest BCUT2D eigenvalue weighted by atomic mass is 35.5. The molecule has 0 saturated carbocycles. The number of halogens is 3. The van der Waals surface area contributed by atoms with Crippen LogP contribution in [0.5, 0.6) is 0 Å². The van der Waals surface area contributed by atoms with Gasteiger partial charge in [0.2, 0.25) is 5.91 Å². The van der Waals surface area contributed by atoms with Gasteiger partial charge in [0.1, 0.15) is 5.25 Å². The van der Waals surface area contributed by atoms with Crippen LogP contribution in [0.2, 0.25) is 0 Å². The Morgan fingerprint density at radius 3 is 2.43 bits per heavy atom. The molecule has 0 bridgehead atoms. The topological polar surface area (TPSA) is 32.3 Å². The van der Waals surface area contributed by atoms with Gasteiger partial charge in [0.05, 0.1) is 0 Å². The van der Waals surface area contributed by atoms with Crippen molar-refractivity contribution >= 4 is 30.1 Å². The highest BCUT2D eigenvalue weighted by molar-refractivity contribution is 8.00. The molecule has 2 aromatic carbocycles. The molecule has 3 nitrogen and oxygen atoms in total. The Bertz CT molecular complexity index is 770. The molecule has 1 N–H and O–H groups in total. The van der Waals surface area contributed by atoms with Crippen LogP contribution in [0.1, 0.15) is 23.7 Å². The predicted octanol–water partition coefficient (Wildman–Crippen LogP) is 4.68. The summed E-state index contributed by atoms with van der Waals surface area (Å²) in [5.74, 6) is -1.16. The summed E-state index contributed by atoms with van der Waals surface area (Å²) >= 11 is 1.27. The van der Waals surface area contributed by atoms with E-state index in [2.05, 4.69) is 5.32 Å². The van der Waals surface area contributed by atoms with E-state index in [0.717, 1.165) is 50.2 Å². The van der Waals surface area contributed by atoms with Gasteiger partial charge in [-0.3, -0.25) is 4.79 Å². The van der Waals surface area contributed by atoms with Crippen molar-refractivity contribution in [2.75, 3.05) is 26.7 Å². The first-order valence-corrected chi connectivity index (χ1v) is 10.1. The second-order valence-corrected chi connectivity index (χ2v) is 7.99. The fourth-order valence-corrected chi connectivity index (χ4v) is 4.52. The molecule has 1 aliphatic heterocycles. The quantitative estimate of drug-likeness (QED) is 0.681. The number of hydrogen-bond donors (Lipinski definition) is 1. The largest absolute Gasteiger partial charge is 0.341 e. The van der Waals surface area contributed by atoms with Crippen molar-refractivity contribution in [1.82, 2.24) is 10.2 Å². The molecule has 1 heterocycles. The summed E-state index contributed by atoms with van der Waals surface area (Å²) in [6.07, 6.45) is 1.95. The van der Waals surface area contributed by atoms with Gasteiger partial charge in [-0.05, 0) is 56.1 Å². The van der Waals surface area contributed by atoms with E-state index in [0.29, 0.717) is 10.8 Å². The number of carbonyl (C=O) groups is 1. The van der Waals surface area contributed by atoms with Gasteiger partial charge in [-0.15, -0.1) is 24.2 Å². The van der Waals surface area contributed by atoms with Gasteiger partial charge < -0.3 is 10.2 Å². The van der Waals surface area contributed by atoms with Crippen LogP contribution < -0.4 is 5.32 Å². The van der Waals surface area contributed by atoms with E-state index in [9.17, 15) is 13.6 Å². The normalized spacial score (nSPS) is 15.8. The molecule has 0 aromatic heterocycles. The van der Waals surface area contributed by atoms with E-state index in [1.807, 2.05) is 42.3 Å². The molecule has 1 atom stereocenters. The van der Waals surface area contributed by atoms with Crippen molar-refractivity contribution in [3.63, 3.8) is 0 Å². The molecular weight excluding hydrogens is 402 g/mol. The van der Waals surface area contributed by atoms with Crippen molar-refractivity contribution in [2.45, 2.75) is 23.0 Å². The number of nitrogens with one attached hydrogen (secondary N) is 1. The monoisotopic (exact) mass is 426 g/mol. The Hall–Kier alpha value is -1.63. The molecule has 1 fully saturated rings. The molecule has 1 aliphatic rings. The van der Waals surface area contributed by atoms with Crippen molar-refractivity contribution < 1.29 is 13.6 Å². The molecule has 0 aliphatic carbocycles.